The first-order chi connectivity index (χ1) is 7.61. The maximum absolute atomic E-state index is 11.1. The SMILES string of the molecule is C=C1SC(c2ccccc2)N(C)C1C(=O)O. The molecular weight excluding hydrogens is 222 g/mol. The van der Waals surface area contributed by atoms with Gasteiger partial charge < -0.3 is 5.11 Å². The van der Waals surface area contributed by atoms with E-state index >= 15 is 0 Å². The van der Waals surface area contributed by atoms with E-state index in [-0.39, 0.29) is 5.37 Å². The molecule has 0 radical (unpaired) electrons. The van der Waals surface area contributed by atoms with Crippen molar-refractivity contribution in [2.24, 2.45) is 0 Å². The highest BCUT2D eigenvalue weighted by atomic mass is 32.2. The number of benzene rings is 1. The molecule has 0 spiro atoms. The first kappa shape index (κ1) is 11.2. The lowest BCUT2D eigenvalue weighted by molar-refractivity contribution is -0.140. The summed E-state index contributed by atoms with van der Waals surface area (Å²) in [5.74, 6) is -0.835. The number of aliphatic carboxylic acids is 1. The van der Waals surface area contributed by atoms with Gasteiger partial charge in [0.2, 0.25) is 0 Å². The summed E-state index contributed by atoms with van der Waals surface area (Å²) in [5.41, 5.74) is 1.11. The lowest BCUT2D eigenvalue weighted by Gasteiger charge is -2.21. The normalized spacial score (nSPS) is 25.9. The monoisotopic (exact) mass is 235 g/mol. The summed E-state index contributed by atoms with van der Waals surface area (Å²) in [6.45, 7) is 3.82. The highest BCUT2D eigenvalue weighted by molar-refractivity contribution is 8.03. The summed E-state index contributed by atoms with van der Waals surface area (Å²) in [6, 6.07) is 9.29. The molecule has 1 heterocycles. The van der Waals surface area contributed by atoms with E-state index in [2.05, 4.69) is 6.58 Å². The van der Waals surface area contributed by atoms with Crippen molar-refractivity contribution in [1.82, 2.24) is 4.90 Å². The van der Waals surface area contributed by atoms with Gasteiger partial charge in [-0.1, -0.05) is 36.9 Å². The fraction of sp³-hybridized carbons (Fsp3) is 0.250. The molecule has 2 atom stereocenters. The smallest absolute Gasteiger partial charge is 0.326 e. The number of carboxylic acids is 1. The van der Waals surface area contributed by atoms with E-state index < -0.39 is 12.0 Å². The molecule has 1 aliphatic heterocycles. The highest BCUT2D eigenvalue weighted by Gasteiger charge is 2.39. The number of rotatable bonds is 2. The zero-order chi connectivity index (χ0) is 11.7. The summed E-state index contributed by atoms with van der Waals surface area (Å²) in [6.07, 6.45) is 0. The molecule has 1 N–H and O–H groups in total. The van der Waals surface area contributed by atoms with E-state index in [9.17, 15) is 4.79 Å². The average molecular weight is 235 g/mol. The third-order valence-electron chi connectivity index (χ3n) is 2.66. The predicted octanol–water partition coefficient (Wildman–Crippen LogP) is 2.33. The molecule has 4 heteroatoms. The van der Waals surface area contributed by atoms with Gasteiger partial charge in [0, 0.05) is 4.91 Å². The summed E-state index contributed by atoms with van der Waals surface area (Å²) in [5, 5.41) is 9.15. The van der Waals surface area contributed by atoms with Crippen LogP contribution in [0, 0.1) is 0 Å². The molecule has 84 valence electrons. The number of nitrogens with zero attached hydrogens (tertiary/aromatic N) is 1. The number of likely N-dealkylation sites (N-methyl/N-ethyl adjacent to an activating group) is 1. The molecule has 3 nitrogen and oxygen atoms in total. The van der Waals surface area contributed by atoms with E-state index in [0.717, 1.165) is 5.56 Å². The third kappa shape index (κ3) is 1.86. The second-order valence-corrected chi connectivity index (χ2v) is 4.96. The maximum atomic E-state index is 11.1. The van der Waals surface area contributed by atoms with Crippen molar-refractivity contribution in [2.75, 3.05) is 7.05 Å². The van der Waals surface area contributed by atoms with Crippen molar-refractivity contribution in [2.45, 2.75) is 11.4 Å². The van der Waals surface area contributed by atoms with Crippen LogP contribution in [-0.2, 0) is 4.79 Å². The van der Waals surface area contributed by atoms with Gasteiger partial charge in [0.15, 0.2) is 0 Å². The number of carbonyl (C=O) groups is 1. The summed E-state index contributed by atoms with van der Waals surface area (Å²) in [7, 11) is 1.82. The Hall–Kier alpha value is -1.26. The van der Waals surface area contributed by atoms with Gasteiger partial charge in [-0.25, -0.2) is 0 Å². The summed E-state index contributed by atoms with van der Waals surface area (Å²) >= 11 is 1.51. The van der Waals surface area contributed by atoms with Crippen molar-refractivity contribution in [3.05, 3.63) is 47.4 Å². The Morgan fingerprint density at radius 3 is 2.56 bits per heavy atom. The van der Waals surface area contributed by atoms with Crippen LogP contribution in [0.2, 0.25) is 0 Å². The topological polar surface area (TPSA) is 40.5 Å². The maximum Gasteiger partial charge on any atom is 0.326 e. The van der Waals surface area contributed by atoms with Crippen LogP contribution in [0.1, 0.15) is 10.9 Å². The molecule has 1 fully saturated rings. The van der Waals surface area contributed by atoms with Crippen LogP contribution in [-0.4, -0.2) is 29.1 Å². The molecule has 0 saturated carbocycles. The Labute approximate surface area is 98.8 Å². The van der Waals surface area contributed by atoms with Gasteiger partial charge in [0.1, 0.15) is 6.04 Å². The fourth-order valence-corrected chi connectivity index (χ4v) is 3.15. The molecule has 1 aromatic carbocycles. The van der Waals surface area contributed by atoms with Crippen LogP contribution in [0.3, 0.4) is 0 Å². The number of hydrogen-bond donors (Lipinski definition) is 1. The van der Waals surface area contributed by atoms with Crippen LogP contribution in [0.5, 0.6) is 0 Å². The van der Waals surface area contributed by atoms with Gasteiger partial charge >= 0.3 is 5.97 Å². The Kier molecular flexibility index (Phi) is 3.03. The molecule has 0 aliphatic carbocycles. The summed E-state index contributed by atoms with van der Waals surface area (Å²) < 4.78 is 0. The second kappa shape index (κ2) is 4.31. The largest absolute Gasteiger partial charge is 0.480 e. The summed E-state index contributed by atoms with van der Waals surface area (Å²) in [4.78, 5) is 13.6. The minimum absolute atomic E-state index is 0.0507. The molecular formula is C12H13NO2S. The van der Waals surface area contributed by atoms with Gasteiger partial charge in [-0.15, -0.1) is 11.8 Å². The lowest BCUT2D eigenvalue weighted by Crippen LogP contribution is -2.34. The Bertz CT molecular complexity index is 418. The molecule has 0 amide bonds. The van der Waals surface area contributed by atoms with Gasteiger partial charge in [-0.2, -0.15) is 0 Å². The van der Waals surface area contributed by atoms with Crippen LogP contribution in [0.15, 0.2) is 41.8 Å². The Morgan fingerprint density at radius 1 is 1.44 bits per heavy atom. The van der Waals surface area contributed by atoms with Crippen LogP contribution < -0.4 is 0 Å². The zero-order valence-electron chi connectivity index (χ0n) is 8.96. The van der Waals surface area contributed by atoms with Gasteiger partial charge in [-0.05, 0) is 12.6 Å². The molecule has 1 saturated heterocycles. The number of hydrogen-bond acceptors (Lipinski definition) is 3. The first-order valence-electron chi connectivity index (χ1n) is 4.96. The Morgan fingerprint density at radius 2 is 2.06 bits per heavy atom. The minimum Gasteiger partial charge on any atom is -0.480 e. The number of carboxylic acid groups (broad SMARTS) is 1. The second-order valence-electron chi connectivity index (χ2n) is 3.75. The molecule has 0 aromatic heterocycles. The van der Waals surface area contributed by atoms with Gasteiger partial charge in [0.05, 0.1) is 5.37 Å². The van der Waals surface area contributed by atoms with Crippen LogP contribution in [0.25, 0.3) is 0 Å². The van der Waals surface area contributed by atoms with Crippen molar-refractivity contribution in [3.8, 4) is 0 Å². The number of thioether (sulfide) groups is 1. The minimum atomic E-state index is -0.835. The third-order valence-corrected chi connectivity index (χ3v) is 4.02. The van der Waals surface area contributed by atoms with Crippen LogP contribution >= 0.6 is 11.8 Å². The van der Waals surface area contributed by atoms with Crippen molar-refractivity contribution in [1.29, 1.82) is 0 Å². The zero-order valence-corrected chi connectivity index (χ0v) is 9.78. The standard InChI is InChI=1S/C12H13NO2S/c1-8-10(12(14)15)13(2)11(16-8)9-6-4-3-5-7-9/h3-7,10-11H,1H2,2H3,(H,14,15). The molecule has 2 unspecified atom stereocenters. The molecule has 1 aromatic rings. The van der Waals surface area contributed by atoms with E-state index in [1.54, 1.807) is 0 Å². The fourth-order valence-electron chi connectivity index (χ4n) is 1.89. The quantitative estimate of drug-likeness (QED) is 0.854. The van der Waals surface area contributed by atoms with E-state index in [4.69, 9.17) is 5.11 Å². The van der Waals surface area contributed by atoms with E-state index in [1.165, 1.54) is 11.8 Å². The van der Waals surface area contributed by atoms with E-state index in [1.807, 2.05) is 42.3 Å². The van der Waals surface area contributed by atoms with Crippen molar-refractivity contribution >= 4 is 17.7 Å². The molecule has 1 aliphatic rings. The molecule has 2 rings (SSSR count). The molecule has 16 heavy (non-hydrogen) atoms. The average Bonchev–Trinajstić information content (AvgIpc) is 2.55. The predicted molar refractivity (Wildman–Crippen MR) is 65.1 cm³/mol. The van der Waals surface area contributed by atoms with Crippen molar-refractivity contribution in [3.63, 3.8) is 0 Å². The molecule has 0 bridgehead atoms. The highest BCUT2D eigenvalue weighted by Crippen LogP contribution is 2.46. The lowest BCUT2D eigenvalue weighted by atomic mass is 10.2. The van der Waals surface area contributed by atoms with Crippen LogP contribution in [0.4, 0.5) is 0 Å². The Balaban J connectivity index is 2.27. The van der Waals surface area contributed by atoms with Gasteiger partial charge in [0.25, 0.3) is 0 Å². The first-order valence-corrected chi connectivity index (χ1v) is 5.84. The van der Waals surface area contributed by atoms with Crippen molar-refractivity contribution < 1.29 is 9.90 Å². The van der Waals surface area contributed by atoms with Gasteiger partial charge in [-0.3, -0.25) is 9.69 Å². The van der Waals surface area contributed by atoms with E-state index in [0.29, 0.717) is 4.91 Å².